The SMILES string of the molecule is C=C(CCCCC)NCc1ccc(Cn2c(CCCC)nc3c(N)nc4c(c32)C=CCC4)cc1. The van der Waals surface area contributed by atoms with Gasteiger partial charge in [-0.25, -0.2) is 9.97 Å². The minimum atomic E-state index is 0.557. The molecule has 0 saturated carbocycles. The highest BCUT2D eigenvalue weighted by molar-refractivity contribution is 5.93. The molecular formula is C29H39N5. The number of nitrogens with zero attached hydrogens (tertiary/aromatic N) is 3. The molecule has 5 heteroatoms. The number of pyridine rings is 1. The monoisotopic (exact) mass is 457 g/mol. The van der Waals surface area contributed by atoms with E-state index in [2.05, 4.69) is 71.7 Å². The number of rotatable bonds is 12. The Morgan fingerprint density at radius 3 is 2.59 bits per heavy atom. The van der Waals surface area contributed by atoms with Crippen LogP contribution in [0.25, 0.3) is 17.1 Å². The summed E-state index contributed by atoms with van der Waals surface area (Å²) < 4.78 is 2.38. The molecule has 1 aliphatic rings. The van der Waals surface area contributed by atoms with Crippen molar-refractivity contribution in [2.75, 3.05) is 5.73 Å². The first-order valence-corrected chi connectivity index (χ1v) is 12.9. The maximum absolute atomic E-state index is 6.38. The fraction of sp³-hybridized carbons (Fsp3) is 0.448. The molecule has 4 rings (SSSR count). The second-order valence-corrected chi connectivity index (χ2v) is 9.44. The smallest absolute Gasteiger partial charge is 0.151 e. The Kier molecular flexibility index (Phi) is 8.04. The number of anilines is 1. The van der Waals surface area contributed by atoms with E-state index in [1.807, 2.05) is 0 Å². The Labute approximate surface area is 204 Å². The number of benzene rings is 1. The van der Waals surface area contributed by atoms with Crippen molar-refractivity contribution in [2.45, 2.75) is 84.7 Å². The number of imidazole rings is 1. The van der Waals surface area contributed by atoms with Crippen LogP contribution in [0.4, 0.5) is 5.82 Å². The lowest BCUT2D eigenvalue weighted by Gasteiger charge is -2.16. The molecule has 2 heterocycles. The van der Waals surface area contributed by atoms with Gasteiger partial charge in [0.25, 0.3) is 0 Å². The maximum atomic E-state index is 6.38. The summed E-state index contributed by atoms with van der Waals surface area (Å²) in [7, 11) is 0. The van der Waals surface area contributed by atoms with E-state index in [1.54, 1.807) is 0 Å². The lowest BCUT2D eigenvalue weighted by atomic mass is 10.0. The molecule has 0 radical (unpaired) electrons. The zero-order valence-corrected chi connectivity index (χ0v) is 20.9. The van der Waals surface area contributed by atoms with Gasteiger partial charge in [-0.15, -0.1) is 0 Å². The average molecular weight is 458 g/mol. The summed E-state index contributed by atoms with van der Waals surface area (Å²) in [6.07, 6.45) is 14.4. The summed E-state index contributed by atoms with van der Waals surface area (Å²) in [5, 5.41) is 3.48. The Hall–Kier alpha value is -3.08. The van der Waals surface area contributed by atoms with Crippen LogP contribution in [0.15, 0.2) is 42.6 Å². The van der Waals surface area contributed by atoms with Gasteiger partial charge in [0, 0.05) is 30.8 Å². The van der Waals surface area contributed by atoms with Crippen molar-refractivity contribution >= 4 is 22.9 Å². The highest BCUT2D eigenvalue weighted by atomic mass is 15.1. The van der Waals surface area contributed by atoms with E-state index in [4.69, 9.17) is 10.7 Å². The summed E-state index contributed by atoms with van der Waals surface area (Å²) in [5.74, 6) is 1.66. The minimum Gasteiger partial charge on any atom is -0.385 e. The predicted octanol–water partition coefficient (Wildman–Crippen LogP) is 6.55. The van der Waals surface area contributed by atoms with Gasteiger partial charge < -0.3 is 15.6 Å². The fourth-order valence-electron chi connectivity index (χ4n) is 4.68. The van der Waals surface area contributed by atoms with Crippen molar-refractivity contribution in [2.24, 2.45) is 0 Å². The number of aryl methyl sites for hydroxylation is 2. The van der Waals surface area contributed by atoms with Crippen LogP contribution >= 0.6 is 0 Å². The number of nitrogens with one attached hydrogen (secondary N) is 1. The first kappa shape index (κ1) is 24.1. The Balaban J connectivity index is 1.56. The van der Waals surface area contributed by atoms with E-state index >= 15 is 0 Å². The third kappa shape index (κ3) is 5.52. The first-order chi connectivity index (χ1) is 16.6. The summed E-state index contributed by atoms with van der Waals surface area (Å²) >= 11 is 0. The van der Waals surface area contributed by atoms with Gasteiger partial charge in [-0.2, -0.15) is 0 Å². The summed E-state index contributed by atoms with van der Waals surface area (Å²) in [4.78, 5) is 9.66. The number of fused-ring (bicyclic) bond motifs is 3. The largest absolute Gasteiger partial charge is 0.385 e. The van der Waals surface area contributed by atoms with E-state index in [9.17, 15) is 0 Å². The third-order valence-electron chi connectivity index (χ3n) is 6.69. The molecule has 0 aliphatic heterocycles. The van der Waals surface area contributed by atoms with Gasteiger partial charge in [0.15, 0.2) is 5.82 Å². The van der Waals surface area contributed by atoms with E-state index < -0.39 is 0 Å². The summed E-state index contributed by atoms with van der Waals surface area (Å²) in [6, 6.07) is 8.91. The van der Waals surface area contributed by atoms with Crippen LogP contribution in [-0.2, 0) is 25.9 Å². The zero-order valence-electron chi connectivity index (χ0n) is 20.9. The summed E-state index contributed by atoms with van der Waals surface area (Å²) in [5.41, 5.74) is 14.3. The standard InChI is InChI=1S/C29H39N5/c1-4-6-8-11-21(3)31-19-22-15-17-23(18-16-22)20-34-26(14-7-5-2)33-27-28(34)24-12-9-10-13-25(24)32-29(27)30/h9,12,15-18,31H,3-8,10-11,13-14,19-20H2,1-2H3,(H2,30,32). The highest BCUT2D eigenvalue weighted by Gasteiger charge is 2.21. The van der Waals surface area contributed by atoms with Gasteiger partial charge in [-0.1, -0.05) is 76.1 Å². The Morgan fingerprint density at radius 1 is 1.06 bits per heavy atom. The second-order valence-electron chi connectivity index (χ2n) is 9.44. The molecule has 1 aliphatic carbocycles. The second kappa shape index (κ2) is 11.4. The number of hydrogen-bond donors (Lipinski definition) is 2. The van der Waals surface area contributed by atoms with Crippen molar-refractivity contribution in [3.8, 4) is 0 Å². The molecule has 1 aromatic carbocycles. The molecule has 34 heavy (non-hydrogen) atoms. The molecule has 5 nitrogen and oxygen atoms in total. The first-order valence-electron chi connectivity index (χ1n) is 12.9. The normalized spacial score (nSPS) is 12.8. The average Bonchev–Trinajstić information content (AvgIpc) is 3.21. The van der Waals surface area contributed by atoms with Crippen LogP contribution in [0.1, 0.15) is 87.0 Å². The van der Waals surface area contributed by atoms with Crippen molar-refractivity contribution < 1.29 is 0 Å². The number of aromatic nitrogens is 3. The molecule has 0 unspecified atom stereocenters. The number of allylic oxidation sites excluding steroid dienone is 2. The molecular weight excluding hydrogens is 418 g/mol. The molecule has 0 amide bonds. The minimum absolute atomic E-state index is 0.557. The molecule has 0 spiro atoms. The highest BCUT2D eigenvalue weighted by Crippen LogP contribution is 2.31. The van der Waals surface area contributed by atoms with Crippen LogP contribution in [0.3, 0.4) is 0 Å². The van der Waals surface area contributed by atoms with E-state index in [0.29, 0.717) is 5.82 Å². The number of nitrogens with two attached hydrogens (primary N) is 1. The quantitative estimate of drug-likeness (QED) is 0.303. The van der Waals surface area contributed by atoms with Gasteiger partial charge in [0.05, 0.1) is 11.2 Å². The number of hydrogen-bond acceptors (Lipinski definition) is 4. The zero-order chi connectivity index (χ0) is 23.9. The molecule has 3 aromatic rings. The van der Waals surface area contributed by atoms with Gasteiger partial charge in [0.2, 0.25) is 0 Å². The van der Waals surface area contributed by atoms with Crippen LogP contribution in [0.2, 0.25) is 0 Å². The van der Waals surface area contributed by atoms with Crippen LogP contribution < -0.4 is 11.1 Å². The van der Waals surface area contributed by atoms with Gasteiger partial charge in [0.1, 0.15) is 11.3 Å². The number of nitrogen functional groups attached to an aromatic ring is 1. The molecule has 0 fully saturated rings. The lowest BCUT2D eigenvalue weighted by Crippen LogP contribution is -2.12. The topological polar surface area (TPSA) is 68.8 Å². The van der Waals surface area contributed by atoms with Crippen LogP contribution in [0, 0.1) is 0 Å². The maximum Gasteiger partial charge on any atom is 0.151 e. The van der Waals surface area contributed by atoms with Crippen molar-refractivity contribution in [3.05, 3.63) is 70.8 Å². The number of unbranched alkanes of at least 4 members (excludes halogenated alkanes) is 3. The van der Waals surface area contributed by atoms with Crippen molar-refractivity contribution in [1.29, 1.82) is 0 Å². The van der Waals surface area contributed by atoms with Gasteiger partial charge in [-0.3, -0.25) is 0 Å². The van der Waals surface area contributed by atoms with Gasteiger partial charge >= 0.3 is 0 Å². The van der Waals surface area contributed by atoms with E-state index in [1.165, 1.54) is 36.0 Å². The summed E-state index contributed by atoms with van der Waals surface area (Å²) in [6.45, 7) is 10.2. The molecule has 2 aromatic heterocycles. The lowest BCUT2D eigenvalue weighted by molar-refractivity contribution is 0.667. The van der Waals surface area contributed by atoms with E-state index in [-0.39, 0.29) is 0 Å². The van der Waals surface area contributed by atoms with Gasteiger partial charge in [-0.05, 0) is 43.2 Å². The van der Waals surface area contributed by atoms with Crippen LogP contribution in [-0.4, -0.2) is 14.5 Å². The van der Waals surface area contributed by atoms with E-state index in [0.717, 1.165) is 79.9 Å². The fourth-order valence-corrected chi connectivity index (χ4v) is 4.68. The predicted molar refractivity (Wildman–Crippen MR) is 144 cm³/mol. The third-order valence-corrected chi connectivity index (χ3v) is 6.69. The Morgan fingerprint density at radius 2 is 1.82 bits per heavy atom. The van der Waals surface area contributed by atoms with Crippen LogP contribution in [0.5, 0.6) is 0 Å². The Bertz CT molecular complexity index is 1150. The molecule has 0 atom stereocenters. The van der Waals surface area contributed by atoms with Crippen molar-refractivity contribution in [1.82, 2.24) is 19.9 Å². The van der Waals surface area contributed by atoms with Crippen molar-refractivity contribution in [3.63, 3.8) is 0 Å². The molecule has 0 saturated heterocycles. The molecule has 3 N–H and O–H groups in total. The molecule has 180 valence electrons. The molecule has 0 bridgehead atoms.